The van der Waals surface area contributed by atoms with Gasteiger partial charge in [0.25, 0.3) is 0 Å². The van der Waals surface area contributed by atoms with Crippen molar-refractivity contribution in [3.8, 4) is 0 Å². The van der Waals surface area contributed by atoms with E-state index in [-0.39, 0.29) is 12.1 Å². The summed E-state index contributed by atoms with van der Waals surface area (Å²) in [6, 6.07) is 9.46. The molecular weight excluding hydrogens is 278 g/mol. The number of benzene rings is 1. The van der Waals surface area contributed by atoms with Crippen LogP contribution in [0.2, 0.25) is 0 Å². The lowest BCUT2D eigenvalue weighted by atomic mass is 10.2. The third-order valence-corrected chi connectivity index (χ3v) is 3.52. The molecule has 0 aromatic heterocycles. The van der Waals surface area contributed by atoms with Crippen molar-refractivity contribution < 1.29 is 9.53 Å². The quantitative estimate of drug-likeness (QED) is 0.653. The zero-order chi connectivity index (χ0) is 16.2. The highest BCUT2D eigenvalue weighted by atomic mass is 16.5. The number of amides is 2. The summed E-state index contributed by atoms with van der Waals surface area (Å²) in [6.07, 6.45) is 1.01. The average molecular weight is 307 g/mol. The summed E-state index contributed by atoms with van der Waals surface area (Å²) in [5.74, 6) is 0. The summed E-state index contributed by atoms with van der Waals surface area (Å²) in [6.45, 7) is 10.2. The number of ether oxygens (including phenoxy) is 1. The van der Waals surface area contributed by atoms with E-state index in [2.05, 4.69) is 36.3 Å². The third kappa shape index (κ3) is 6.91. The van der Waals surface area contributed by atoms with E-state index in [1.165, 1.54) is 0 Å². The Bertz CT molecular complexity index is 408. The molecule has 0 aliphatic rings. The third-order valence-electron chi connectivity index (χ3n) is 3.52. The molecule has 1 aromatic rings. The summed E-state index contributed by atoms with van der Waals surface area (Å²) >= 11 is 0. The van der Waals surface area contributed by atoms with Crippen molar-refractivity contribution in [3.05, 3.63) is 30.3 Å². The molecule has 0 aliphatic carbocycles. The summed E-state index contributed by atoms with van der Waals surface area (Å²) < 4.78 is 5.67. The zero-order valence-corrected chi connectivity index (χ0v) is 14.0. The second-order valence-corrected chi connectivity index (χ2v) is 5.15. The van der Waals surface area contributed by atoms with Gasteiger partial charge in [-0.2, -0.15) is 0 Å². The van der Waals surface area contributed by atoms with Gasteiger partial charge in [0, 0.05) is 18.8 Å². The van der Waals surface area contributed by atoms with Gasteiger partial charge >= 0.3 is 6.03 Å². The largest absolute Gasteiger partial charge is 0.380 e. The van der Waals surface area contributed by atoms with E-state index in [4.69, 9.17) is 4.74 Å². The van der Waals surface area contributed by atoms with E-state index in [1.807, 2.05) is 30.3 Å². The van der Waals surface area contributed by atoms with Crippen LogP contribution >= 0.6 is 0 Å². The van der Waals surface area contributed by atoms with Crippen molar-refractivity contribution in [3.63, 3.8) is 0 Å². The topological polar surface area (TPSA) is 53.6 Å². The Morgan fingerprint density at radius 2 is 1.86 bits per heavy atom. The van der Waals surface area contributed by atoms with Gasteiger partial charge in [-0.25, -0.2) is 4.79 Å². The molecule has 1 unspecified atom stereocenters. The number of urea groups is 1. The molecule has 0 heterocycles. The van der Waals surface area contributed by atoms with Crippen molar-refractivity contribution in [2.75, 3.05) is 38.2 Å². The Labute approximate surface area is 134 Å². The molecule has 0 bridgehead atoms. The molecule has 1 atom stereocenters. The van der Waals surface area contributed by atoms with Gasteiger partial charge in [0.1, 0.15) is 0 Å². The van der Waals surface area contributed by atoms with Crippen LogP contribution in [-0.4, -0.2) is 49.8 Å². The molecule has 124 valence electrons. The minimum Gasteiger partial charge on any atom is -0.380 e. The van der Waals surface area contributed by atoms with Gasteiger partial charge in [0.15, 0.2) is 0 Å². The fraction of sp³-hybridized carbons (Fsp3) is 0.588. The van der Waals surface area contributed by atoms with Crippen molar-refractivity contribution in [1.82, 2.24) is 10.2 Å². The van der Waals surface area contributed by atoms with Gasteiger partial charge < -0.3 is 15.4 Å². The number of nitrogens with one attached hydrogen (secondary N) is 2. The Morgan fingerprint density at radius 1 is 1.18 bits per heavy atom. The molecule has 0 radical (unpaired) electrons. The zero-order valence-electron chi connectivity index (χ0n) is 14.0. The van der Waals surface area contributed by atoms with Crippen LogP contribution in [0.1, 0.15) is 27.2 Å². The lowest BCUT2D eigenvalue weighted by Gasteiger charge is -2.29. The number of hydrogen-bond donors (Lipinski definition) is 2. The van der Waals surface area contributed by atoms with Crippen LogP contribution in [0.4, 0.5) is 10.5 Å². The van der Waals surface area contributed by atoms with Crippen molar-refractivity contribution in [2.45, 2.75) is 33.2 Å². The SMILES string of the molecule is CCCOCC(CNC(=O)Nc1ccccc1)N(CC)CC. The normalized spacial score (nSPS) is 12.2. The minimum absolute atomic E-state index is 0.182. The van der Waals surface area contributed by atoms with E-state index in [9.17, 15) is 4.79 Å². The van der Waals surface area contributed by atoms with E-state index in [0.717, 1.165) is 31.8 Å². The molecule has 0 saturated carbocycles. The number of nitrogens with zero attached hydrogens (tertiary/aromatic N) is 1. The lowest BCUT2D eigenvalue weighted by molar-refractivity contribution is 0.0646. The van der Waals surface area contributed by atoms with Gasteiger partial charge in [0.05, 0.1) is 12.6 Å². The number of anilines is 1. The fourth-order valence-corrected chi connectivity index (χ4v) is 2.30. The Morgan fingerprint density at radius 3 is 2.45 bits per heavy atom. The maximum Gasteiger partial charge on any atom is 0.319 e. The number of carbonyl (C=O) groups excluding carboxylic acids is 1. The Balaban J connectivity index is 2.45. The first-order valence-corrected chi connectivity index (χ1v) is 8.12. The first-order valence-electron chi connectivity index (χ1n) is 8.12. The number of rotatable bonds is 10. The number of para-hydroxylation sites is 1. The predicted octanol–water partition coefficient (Wildman–Crippen LogP) is 2.95. The molecular formula is C17H29N3O2. The van der Waals surface area contributed by atoms with Crippen LogP contribution in [0.5, 0.6) is 0 Å². The predicted molar refractivity (Wildman–Crippen MR) is 91.3 cm³/mol. The molecule has 1 aromatic carbocycles. The number of likely N-dealkylation sites (N-methyl/N-ethyl adjacent to an activating group) is 1. The van der Waals surface area contributed by atoms with Gasteiger partial charge in [-0.15, -0.1) is 0 Å². The average Bonchev–Trinajstić information content (AvgIpc) is 2.54. The van der Waals surface area contributed by atoms with Gasteiger partial charge in [-0.1, -0.05) is 39.0 Å². The molecule has 0 aliphatic heterocycles. The molecule has 1 rings (SSSR count). The number of carbonyl (C=O) groups is 1. The Hall–Kier alpha value is -1.59. The summed E-state index contributed by atoms with van der Waals surface area (Å²) in [7, 11) is 0. The molecule has 0 saturated heterocycles. The molecule has 5 heteroatoms. The summed E-state index contributed by atoms with van der Waals surface area (Å²) in [5.41, 5.74) is 0.793. The maximum absolute atomic E-state index is 12.0. The van der Waals surface area contributed by atoms with E-state index in [0.29, 0.717) is 13.2 Å². The standard InChI is InChI=1S/C17H29N3O2/c1-4-12-22-14-16(20(5-2)6-3)13-18-17(21)19-15-10-8-7-9-11-15/h7-11,16H,4-6,12-14H2,1-3H3,(H2,18,19,21). The van der Waals surface area contributed by atoms with Crippen molar-refractivity contribution >= 4 is 11.7 Å². The first kappa shape index (κ1) is 18.5. The molecule has 0 spiro atoms. The second kappa shape index (κ2) is 11.0. The highest BCUT2D eigenvalue weighted by Gasteiger charge is 2.16. The summed E-state index contributed by atoms with van der Waals surface area (Å²) in [5, 5.41) is 5.77. The molecule has 5 nitrogen and oxygen atoms in total. The maximum atomic E-state index is 12.0. The lowest BCUT2D eigenvalue weighted by Crippen LogP contribution is -2.47. The van der Waals surface area contributed by atoms with Crippen LogP contribution in [0.15, 0.2) is 30.3 Å². The molecule has 2 N–H and O–H groups in total. The second-order valence-electron chi connectivity index (χ2n) is 5.15. The van der Waals surface area contributed by atoms with Gasteiger partial charge in [-0.3, -0.25) is 4.90 Å². The molecule has 0 fully saturated rings. The summed E-state index contributed by atoms with van der Waals surface area (Å²) in [4.78, 5) is 14.3. The van der Waals surface area contributed by atoms with Crippen LogP contribution < -0.4 is 10.6 Å². The van der Waals surface area contributed by atoms with E-state index < -0.39 is 0 Å². The number of hydrogen-bond acceptors (Lipinski definition) is 3. The van der Waals surface area contributed by atoms with E-state index >= 15 is 0 Å². The van der Waals surface area contributed by atoms with Crippen LogP contribution in [0.3, 0.4) is 0 Å². The first-order chi connectivity index (χ1) is 10.7. The monoisotopic (exact) mass is 307 g/mol. The Kier molecular flexibility index (Phi) is 9.26. The minimum atomic E-state index is -0.182. The van der Waals surface area contributed by atoms with Crippen LogP contribution in [-0.2, 0) is 4.74 Å². The highest BCUT2D eigenvalue weighted by Crippen LogP contribution is 2.05. The van der Waals surface area contributed by atoms with Crippen molar-refractivity contribution in [2.24, 2.45) is 0 Å². The van der Waals surface area contributed by atoms with Gasteiger partial charge in [-0.05, 0) is 31.6 Å². The molecule has 22 heavy (non-hydrogen) atoms. The van der Waals surface area contributed by atoms with Crippen LogP contribution in [0, 0.1) is 0 Å². The fourth-order valence-electron chi connectivity index (χ4n) is 2.30. The van der Waals surface area contributed by atoms with Gasteiger partial charge in [0.2, 0.25) is 0 Å². The molecule has 2 amide bonds. The van der Waals surface area contributed by atoms with Crippen LogP contribution in [0.25, 0.3) is 0 Å². The van der Waals surface area contributed by atoms with Crippen molar-refractivity contribution in [1.29, 1.82) is 0 Å². The van der Waals surface area contributed by atoms with E-state index in [1.54, 1.807) is 0 Å². The highest BCUT2D eigenvalue weighted by molar-refractivity contribution is 5.89. The smallest absolute Gasteiger partial charge is 0.319 e.